The van der Waals surface area contributed by atoms with Crippen molar-refractivity contribution >= 4 is 61.2 Å². The lowest BCUT2D eigenvalue weighted by molar-refractivity contribution is 0.600. The molecule has 6 nitrogen and oxygen atoms in total. The van der Waals surface area contributed by atoms with Gasteiger partial charge in [0.1, 0.15) is 22.3 Å². The smallest absolute Gasteiger partial charge is 0.238 e. The van der Waals surface area contributed by atoms with Gasteiger partial charge in [-0.25, -0.2) is 4.98 Å². The van der Waals surface area contributed by atoms with Crippen LogP contribution in [0.15, 0.2) is 203 Å². The first-order valence-corrected chi connectivity index (χ1v) is 28.4. The van der Waals surface area contributed by atoms with Gasteiger partial charge in [-0.15, -0.1) is 0 Å². The summed E-state index contributed by atoms with van der Waals surface area (Å²) in [5, 5.41) is 4.68. The van der Waals surface area contributed by atoms with E-state index in [0.717, 1.165) is 55.6 Å². The molecule has 0 spiro atoms. The van der Waals surface area contributed by atoms with Crippen LogP contribution in [0.5, 0.6) is 0 Å². The fraction of sp³-hybridized carbons (Fsp3) is 0.160. The van der Waals surface area contributed by atoms with Gasteiger partial charge >= 0.3 is 0 Å². The van der Waals surface area contributed by atoms with E-state index in [1.807, 2.05) is 36.4 Å². The summed E-state index contributed by atoms with van der Waals surface area (Å²) < 4.78 is 13.6. The van der Waals surface area contributed by atoms with Crippen LogP contribution >= 0.6 is 0 Å². The molecule has 0 saturated heterocycles. The zero-order chi connectivity index (χ0) is 54.6. The van der Waals surface area contributed by atoms with Gasteiger partial charge in [0.15, 0.2) is 11.6 Å². The van der Waals surface area contributed by atoms with Crippen molar-refractivity contribution in [1.29, 1.82) is 0 Å². The lowest BCUT2D eigenvalue weighted by Crippen LogP contribution is -2.24. The maximum Gasteiger partial charge on any atom is 0.238 e. The van der Waals surface area contributed by atoms with E-state index in [-0.39, 0.29) is 16.2 Å². The van der Waals surface area contributed by atoms with Crippen LogP contribution in [0.25, 0.3) is 111 Å². The quantitative estimate of drug-likeness (QED) is 0.171. The Labute approximate surface area is 470 Å². The zero-order valence-electron chi connectivity index (χ0n) is 46.6. The van der Waals surface area contributed by atoms with Crippen LogP contribution in [0.4, 0.5) is 17.3 Å². The second kappa shape index (κ2) is 15.7. The molecule has 0 amide bonds. The first-order valence-electron chi connectivity index (χ1n) is 28.4. The number of furan rings is 2. The number of hydrogen-bond donors (Lipinski definition) is 0. The molecule has 3 heterocycles. The molecule has 0 fully saturated rings. The normalized spacial score (nSPS) is 15.8. The summed E-state index contributed by atoms with van der Waals surface area (Å²) in [5.74, 6) is 1.75. The van der Waals surface area contributed by atoms with Crippen molar-refractivity contribution in [2.75, 3.05) is 4.90 Å². The van der Waals surface area contributed by atoms with Crippen molar-refractivity contribution in [2.24, 2.45) is 0 Å². The third-order valence-electron chi connectivity index (χ3n) is 19.2. The Kier molecular flexibility index (Phi) is 9.02. The van der Waals surface area contributed by atoms with Gasteiger partial charge in [0.2, 0.25) is 5.95 Å². The summed E-state index contributed by atoms with van der Waals surface area (Å²) >= 11 is 0. The Morgan fingerprint density at radius 3 is 1.53 bits per heavy atom. The van der Waals surface area contributed by atoms with Crippen molar-refractivity contribution in [3.8, 4) is 67.3 Å². The molecule has 0 radical (unpaired) electrons. The molecule has 6 heteroatoms. The second-order valence-electron chi connectivity index (χ2n) is 25.1. The van der Waals surface area contributed by atoms with Crippen LogP contribution in [0.2, 0.25) is 0 Å². The van der Waals surface area contributed by atoms with Crippen LogP contribution in [-0.4, -0.2) is 15.0 Å². The highest BCUT2D eigenvalue weighted by Gasteiger charge is 2.49. The van der Waals surface area contributed by atoms with E-state index in [9.17, 15) is 0 Å². The van der Waals surface area contributed by atoms with E-state index >= 15 is 0 Å². The fourth-order valence-electron chi connectivity index (χ4n) is 15.3. The minimum atomic E-state index is -0.422. The van der Waals surface area contributed by atoms with Gasteiger partial charge < -0.3 is 8.83 Å². The number of rotatable bonds is 5. The zero-order valence-corrected chi connectivity index (χ0v) is 46.6. The molecule has 4 aliphatic carbocycles. The van der Waals surface area contributed by atoms with Crippen LogP contribution in [0.1, 0.15) is 99.9 Å². The van der Waals surface area contributed by atoms with E-state index in [1.165, 1.54) is 99.8 Å². The van der Waals surface area contributed by atoms with Gasteiger partial charge in [0, 0.05) is 71.3 Å². The third-order valence-corrected chi connectivity index (χ3v) is 19.2. The number of aromatic nitrogens is 3. The Bertz CT molecular complexity index is 4880. The molecule has 0 aliphatic heterocycles. The van der Waals surface area contributed by atoms with Gasteiger partial charge in [-0.3, -0.25) is 4.90 Å². The van der Waals surface area contributed by atoms with Crippen molar-refractivity contribution in [2.45, 2.75) is 77.0 Å². The number of fused-ring (bicyclic) bond motifs is 22. The fourth-order valence-corrected chi connectivity index (χ4v) is 15.3. The van der Waals surface area contributed by atoms with Crippen molar-refractivity contribution in [3.05, 3.63) is 239 Å². The van der Waals surface area contributed by atoms with Gasteiger partial charge in [0.05, 0.1) is 0 Å². The molecule has 0 unspecified atom stereocenters. The number of para-hydroxylation sites is 2. The maximum atomic E-state index is 7.05. The molecule has 13 aromatic rings. The second-order valence-corrected chi connectivity index (χ2v) is 25.1. The van der Waals surface area contributed by atoms with Crippen LogP contribution in [0.3, 0.4) is 0 Å². The Morgan fingerprint density at radius 2 is 0.840 bits per heavy atom. The molecule has 0 bridgehead atoms. The Hall–Kier alpha value is -9.39. The Morgan fingerprint density at radius 1 is 0.333 bits per heavy atom. The summed E-state index contributed by atoms with van der Waals surface area (Å²) in [5.41, 5.74) is 26.8. The lowest BCUT2D eigenvalue weighted by atomic mass is 9.72. The van der Waals surface area contributed by atoms with Crippen LogP contribution in [0, 0.1) is 0 Å². The van der Waals surface area contributed by atoms with Crippen molar-refractivity contribution < 1.29 is 8.83 Å². The summed E-state index contributed by atoms with van der Waals surface area (Å²) in [6, 6.07) is 70.2. The lowest BCUT2D eigenvalue weighted by Gasteiger charge is -2.31. The number of nitrogens with zero attached hydrogens (tertiary/aromatic N) is 4. The summed E-state index contributed by atoms with van der Waals surface area (Å²) in [6.45, 7) is 19.2. The SMILES string of the molecule is CC1(C)c2cc(N(c3ccc4c(c3)C(C)(C)c3c5c(c6oc7ccccc7c6c3-4)-c3ccccc3C5(C)C)c3nc(-c4ccccc4)nc(-c4ccccc4)n3)ccc2-c2cc3c(cc21)-c1c(ccc2oc4ccccc4c12)C3(C)C. The molecule has 0 N–H and O–H groups in total. The van der Waals surface area contributed by atoms with Crippen LogP contribution < -0.4 is 4.90 Å². The molecule has 4 aliphatic rings. The first kappa shape index (κ1) is 46.5. The van der Waals surface area contributed by atoms with Gasteiger partial charge in [-0.2, -0.15) is 9.97 Å². The number of hydrogen-bond acceptors (Lipinski definition) is 6. The maximum absolute atomic E-state index is 7.05. The molecule has 388 valence electrons. The standard InChI is InChI=1S/C75H56N4O2/c1-72(2)53-35-36-60-62(48-26-16-19-29-58(48)80-60)61(53)51-40-56-50(39-57(51)72)45-33-31-43(37-54(45)73(56,3)4)79(71-77-69(41-21-11-9-12-22-41)76-70(78-71)42-23-13-10-14-24-42)44-32-34-47-55(38-44)75(7,8)66-63(47)64-49-27-17-20-30-59(49)81-68(64)65-46-25-15-18-28-52(46)74(5,6)67(65)66/h9-40H,1-8H3. The molecule has 81 heavy (non-hydrogen) atoms. The molecule has 3 aromatic heterocycles. The molecule has 17 rings (SSSR count). The topological polar surface area (TPSA) is 68.2 Å². The number of anilines is 3. The average Bonchev–Trinajstić information content (AvgIpc) is 2.19. The highest BCUT2D eigenvalue weighted by Crippen LogP contribution is 2.64. The summed E-state index contributed by atoms with van der Waals surface area (Å²) in [4.78, 5) is 18.4. The minimum absolute atomic E-state index is 0.223. The monoisotopic (exact) mass is 1040 g/mol. The first-order chi connectivity index (χ1) is 39.2. The van der Waals surface area contributed by atoms with Crippen molar-refractivity contribution in [1.82, 2.24) is 15.0 Å². The van der Waals surface area contributed by atoms with E-state index in [1.54, 1.807) is 0 Å². The molecule has 0 atom stereocenters. The van der Waals surface area contributed by atoms with Gasteiger partial charge in [-0.1, -0.05) is 195 Å². The van der Waals surface area contributed by atoms with E-state index in [0.29, 0.717) is 17.6 Å². The molecular weight excluding hydrogens is 989 g/mol. The van der Waals surface area contributed by atoms with Crippen molar-refractivity contribution in [3.63, 3.8) is 0 Å². The third kappa shape index (κ3) is 6.04. The van der Waals surface area contributed by atoms with Gasteiger partial charge in [-0.05, 0) is 138 Å². The summed E-state index contributed by atoms with van der Waals surface area (Å²) in [7, 11) is 0. The largest absolute Gasteiger partial charge is 0.456 e. The molecule has 0 saturated carbocycles. The molecular formula is C75H56N4O2. The van der Waals surface area contributed by atoms with E-state index in [2.05, 4.69) is 218 Å². The number of benzene rings is 10. The molecule has 10 aromatic carbocycles. The van der Waals surface area contributed by atoms with E-state index < -0.39 is 5.41 Å². The van der Waals surface area contributed by atoms with Gasteiger partial charge in [0.25, 0.3) is 0 Å². The highest BCUT2D eigenvalue weighted by atomic mass is 16.3. The van der Waals surface area contributed by atoms with Crippen LogP contribution in [-0.2, 0) is 21.7 Å². The minimum Gasteiger partial charge on any atom is -0.456 e. The highest BCUT2D eigenvalue weighted by molar-refractivity contribution is 6.21. The predicted octanol–water partition coefficient (Wildman–Crippen LogP) is 19.7. The predicted molar refractivity (Wildman–Crippen MR) is 330 cm³/mol. The average molecular weight is 1050 g/mol. The van der Waals surface area contributed by atoms with E-state index in [4.69, 9.17) is 23.8 Å². The summed E-state index contributed by atoms with van der Waals surface area (Å²) in [6.07, 6.45) is 0. The Balaban J connectivity index is 0.891.